The summed E-state index contributed by atoms with van der Waals surface area (Å²) in [6.45, 7) is 1.83. The largest absolute Gasteiger partial charge is 0.493 e. The molecule has 0 unspecified atom stereocenters. The Morgan fingerprint density at radius 1 is 1.03 bits per heavy atom. The van der Waals surface area contributed by atoms with Gasteiger partial charge >= 0.3 is 5.97 Å². The van der Waals surface area contributed by atoms with Gasteiger partial charge in [0.1, 0.15) is 0 Å². The average Bonchev–Trinajstić information content (AvgIpc) is 3.36. The lowest BCUT2D eigenvalue weighted by molar-refractivity contribution is -0.136. The van der Waals surface area contributed by atoms with Crippen LogP contribution in [0, 0.1) is 0 Å². The smallest absolute Gasteiger partial charge is 0.336 e. The standard InChI is InChI=1S/C25H27NO6S/c1-13-20(25(28)32-5)21(15-8-9-18(29-2)24(31-4)23(15)30-3)22-16(26-13)11-14(12-17(22)27)19-7-6-10-33-19/h6-10,14,21,26H,11-12H2,1-5H3/t14-,21-/m1/s1. The van der Waals surface area contributed by atoms with Crippen molar-refractivity contribution in [2.45, 2.75) is 31.6 Å². The van der Waals surface area contributed by atoms with Crippen molar-refractivity contribution in [2.75, 3.05) is 28.4 Å². The molecular formula is C25H27NO6S. The Morgan fingerprint density at radius 3 is 2.39 bits per heavy atom. The number of allylic oxidation sites excluding steroid dienone is 3. The average molecular weight is 470 g/mol. The molecule has 1 N–H and O–H groups in total. The highest BCUT2D eigenvalue weighted by Gasteiger charge is 2.43. The topological polar surface area (TPSA) is 83.1 Å². The zero-order chi connectivity index (χ0) is 23.7. The third-order valence-electron chi connectivity index (χ3n) is 6.22. The number of hydrogen-bond donors (Lipinski definition) is 1. The highest BCUT2D eigenvalue weighted by Crippen LogP contribution is 2.51. The van der Waals surface area contributed by atoms with Crippen LogP contribution in [0.2, 0.25) is 0 Å². The van der Waals surface area contributed by atoms with Crippen molar-refractivity contribution in [3.05, 3.63) is 62.6 Å². The number of ether oxygens (including phenoxy) is 4. The van der Waals surface area contributed by atoms with Crippen molar-refractivity contribution in [2.24, 2.45) is 0 Å². The van der Waals surface area contributed by atoms with E-state index in [2.05, 4.69) is 11.4 Å². The van der Waals surface area contributed by atoms with Gasteiger partial charge in [-0.05, 0) is 30.9 Å². The van der Waals surface area contributed by atoms with Crippen molar-refractivity contribution in [3.8, 4) is 17.2 Å². The maximum absolute atomic E-state index is 13.6. The molecule has 1 aromatic carbocycles. The Hall–Kier alpha value is -3.26. The van der Waals surface area contributed by atoms with Gasteiger partial charge in [0, 0.05) is 39.7 Å². The number of ketones is 1. The maximum atomic E-state index is 13.6. The van der Waals surface area contributed by atoms with Gasteiger partial charge in [-0.25, -0.2) is 4.79 Å². The molecule has 0 spiro atoms. The van der Waals surface area contributed by atoms with Crippen LogP contribution in [0.15, 0.2) is 52.2 Å². The number of benzene rings is 1. The molecule has 0 saturated heterocycles. The maximum Gasteiger partial charge on any atom is 0.336 e. The molecule has 2 heterocycles. The number of nitrogens with one attached hydrogen (secondary N) is 1. The predicted octanol–water partition coefficient (Wildman–Crippen LogP) is 4.31. The van der Waals surface area contributed by atoms with E-state index in [1.165, 1.54) is 26.2 Å². The molecule has 7 nitrogen and oxygen atoms in total. The lowest BCUT2D eigenvalue weighted by Crippen LogP contribution is -2.36. The van der Waals surface area contributed by atoms with Crippen molar-refractivity contribution in [1.82, 2.24) is 5.32 Å². The first kappa shape index (κ1) is 22.9. The molecule has 1 aliphatic heterocycles. The minimum Gasteiger partial charge on any atom is -0.493 e. The Kier molecular flexibility index (Phi) is 6.47. The van der Waals surface area contributed by atoms with Gasteiger partial charge in [-0.15, -0.1) is 11.3 Å². The number of carbonyl (C=O) groups excluding carboxylic acids is 2. The second-order valence-electron chi connectivity index (χ2n) is 7.95. The van der Waals surface area contributed by atoms with Gasteiger partial charge in [0.25, 0.3) is 0 Å². The SMILES string of the molecule is COC(=O)C1=C(C)NC2=C(C(=O)C[C@H](c3cccs3)C2)[C@@H]1c1ccc(OC)c(OC)c1OC. The first-order valence-corrected chi connectivity index (χ1v) is 11.5. The number of thiophene rings is 1. The van der Waals surface area contributed by atoms with Crippen LogP contribution in [0.25, 0.3) is 0 Å². The van der Waals surface area contributed by atoms with Crippen molar-refractivity contribution in [1.29, 1.82) is 0 Å². The molecule has 8 heteroatoms. The normalized spacial score (nSPS) is 20.2. The molecule has 2 aromatic rings. The van der Waals surface area contributed by atoms with E-state index < -0.39 is 11.9 Å². The Morgan fingerprint density at radius 2 is 1.79 bits per heavy atom. The van der Waals surface area contributed by atoms with Gasteiger partial charge in [-0.1, -0.05) is 12.1 Å². The second-order valence-corrected chi connectivity index (χ2v) is 8.93. The fourth-order valence-electron chi connectivity index (χ4n) is 4.81. The summed E-state index contributed by atoms with van der Waals surface area (Å²) in [6, 6.07) is 7.63. The number of carbonyl (C=O) groups is 2. The van der Waals surface area contributed by atoms with Crippen LogP contribution in [-0.4, -0.2) is 40.2 Å². The van der Waals surface area contributed by atoms with E-state index in [-0.39, 0.29) is 11.7 Å². The lowest BCUT2D eigenvalue weighted by atomic mass is 9.72. The minimum atomic E-state index is -0.653. The zero-order valence-electron chi connectivity index (χ0n) is 19.3. The number of hydrogen-bond acceptors (Lipinski definition) is 8. The minimum absolute atomic E-state index is 0.00195. The quantitative estimate of drug-likeness (QED) is 0.631. The highest BCUT2D eigenvalue weighted by atomic mass is 32.1. The predicted molar refractivity (Wildman–Crippen MR) is 125 cm³/mol. The fraction of sp³-hybridized carbons (Fsp3) is 0.360. The molecular weight excluding hydrogens is 442 g/mol. The molecule has 0 fully saturated rings. The number of methoxy groups -OCH3 is 4. The number of esters is 1. The van der Waals surface area contributed by atoms with Gasteiger partial charge in [-0.2, -0.15) is 0 Å². The van der Waals surface area contributed by atoms with E-state index in [1.807, 2.05) is 24.4 Å². The summed E-state index contributed by atoms with van der Waals surface area (Å²) in [5, 5.41) is 5.36. The van der Waals surface area contributed by atoms with E-state index >= 15 is 0 Å². The van der Waals surface area contributed by atoms with Crippen molar-refractivity contribution >= 4 is 23.1 Å². The van der Waals surface area contributed by atoms with Crippen LogP contribution >= 0.6 is 11.3 Å². The molecule has 33 heavy (non-hydrogen) atoms. The van der Waals surface area contributed by atoms with Gasteiger partial charge in [0.05, 0.1) is 39.9 Å². The van der Waals surface area contributed by atoms with Crippen molar-refractivity contribution in [3.63, 3.8) is 0 Å². The van der Waals surface area contributed by atoms with Gasteiger partial charge in [0.2, 0.25) is 5.75 Å². The first-order valence-electron chi connectivity index (χ1n) is 10.6. The molecule has 1 aliphatic carbocycles. The van der Waals surface area contributed by atoms with Gasteiger partial charge < -0.3 is 24.3 Å². The summed E-state index contributed by atoms with van der Waals surface area (Å²) in [7, 11) is 5.93. The van der Waals surface area contributed by atoms with Crippen LogP contribution in [-0.2, 0) is 14.3 Å². The summed E-state index contributed by atoms with van der Waals surface area (Å²) >= 11 is 1.65. The first-order chi connectivity index (χ1) is 15.9. The zero-order valence-corrected chi connectivity index (χ0v) is 20.1. The van der Waals surface area contributed by atoms with Crippen LogP contribution < -0.4 is 19.5 Å². The van der Waals surface area contributed by atoms with Crippen LogP contribution in [0.1, 0.15) is 42.0 Å². The molecule has 0 saturated carbocycles. The van der Waals surface area contributed by atoms with Crippen LogP contribution in [0.4, 0.5) is 0 Å². The molecule has 174 valence electrons. The third kappa shape index (κ3) is 3.88. The summed E-state index contributed by atoms with van der Waals surface area (Å²) in [5.41, 5.74) is 3.08. The van der Waals surface area contributed by atoms with Crippen LogP contribution in [0.5, 0.6) is 17.2 Å². The summed E-state index contributed by atoms with van der Waals surface area (Å²) in [4.78, 5) is 27.7. The third-order valence-corrected chi connectivity index (χ3v) is 7.26. The molecule has 2 aliphatic rings. The number of dihydropyridines is 1. The number of rotatable bonds is 6. The Bertz CT molecular complexity index is 1150. The van der Waals surface area contributed by atoms with Crippen LogP contribution in [0.3, 0.4) is 0 Å². The summed E-state index contributed by atoms with van der Waals surface area (Å²) in [5.74, 6) is 0.260. The lowest BCUT2D eigenvalue weighted by Gasteiger charge is -2.36. The molecule has 0 amide bonds. The van der Waals surface area contributed by atoms with Gasteiger partial charge in [0.15, 0.2) is 17.3 Å². The monoisotopic (exact) mass is 469 g/mol. The fourth-order valence-corrected chi connectivity index (χ4v) is 5.64. The second kappa shape index (κ2) is 9.31. The van der Waals surface area contributed by atoms with E-state index in [1.54, 1.807) is 24.5 Å². The Labute approximate surface area is 197 Å². The summed E-state index contributed by atoms with van der Waals surface area (Å²) < 4.78 is 21.8. The summed E-state index contributed by atoms with van der Waals surface area (Å²) in [6.07, 6.45) is 1.06. The van der Waals surface area contributed by atoms with Crippen molar-refractivity contribution < 1.29 is 28.5 Å². The number of Topliss-reactive ketones (excluding diaryl/α,β-unsaturated/α-hetero) is 1. The van der Waals surface area contributed by atoms with Gasteiger partial charge in [-0.3, -0.25) is 4.79 Å². The molecule has 0 bridgehead atoms. The highest BCUT2D eigenvalue weighted by molar-refractivity contribution is 7.10. The molecule has 1 aromatic heterocycles. The van der Waals surface area contributed by atoms with E-state index in [0.29, 0.717) is 52.5 Å². The van der Waals surface area contributed by atoms with E-state index in [0.717, 1.165) is 5.70 Å². The van der Waals surface area contributed by atoms with E-state index in [9.17, 15) is 9.59 Å². The van der Waals surface area contributed by atoms with E-state index in [4.69, 9.17) is 18.9 Å². The molecule has 2 atom stereocenters. The molecule has 4 rings (SSSR count). The molecule has 0 radical (unpaired) electrons. The Balaban J connectivity index is 1.92.